The highest BCUT2D eigenvalue weighted by Gasteiger charge is 2.48. The summed E-state index contributed by atoms with van der Waals surface area (Å²) in [5, 5.41) is 0. The van der Waals surface area contributed by atoms with Gasteiger partial charge in [0, 0.05) is 13.1 Å². The number of nitrogens with zero attached hydrogens (tertiary/aromatic N) is 1. The van der Waals surface area contributed by atoms with Gasteiger partial charge in [-0.2, -0.15) is 0 Å². The Morgan fingerprint density at radius 2 is 1.83 bits per heavy atom. The van der Waals surface area contributed by atoms with Crippen LogP contribution in [0.3, 0.4) is 0 Å². The lowest BCUT2D eigenvalue weighted by molar-refractivity contribution is -0.144. The standard InChI is InChI=1S/C21H26FNO5S/c1-3-27-20(24)14-21(29(25,26)19-8-5-17(22)6-9-19)10-12-23(13-11-21)15-18-7-4-16(2)28-18/h4-9H,3,10-15H2,1-2H3. The summed E-state index contributed by atoms with van der Waals surface area (Å²) in [7, 11) is -3.86. The number of piperidine rings is 1. The number of sulfone groups is 1. The zero-order valence-corrected chi connectivity index (χ0v) is 17.5. The third-order valence-electron chi connectivity index (χ3n) is 5.41. The Bertz CT molecular complexity index is 944. The molecule has 1 aliphatic rings. The molecule has 2 heterocycles. The molecule has 1 saturated heterocycles. The summed E-state index contributed by atoms with van der Waals surface area (Å²) in [6.45, 7) is 5.33. The molecule has 1 fully saturated rings. The van der Waals surface area contributed by atoms with Crippen molar-refractivity contribution in [2.24, 2.45) is 0 Å². The van der Waals surface area contributed by atoms with Crippen molar-refractivity contribution < 1.29 is 26.8 Å². The highest BCUT2D eigenvalue weighted by molar-refractivity contribution is 7.92. The monoisotopic (exact) mass is 423 g/mol. The van der Waals surface area contributed by atoms with E-state index in [2.05, 4.69) is 4.90 Å². The van der Waals surface area contributed by atoms with E-state index in [0.29, 0.717) is 19.6 Å². The molecular formula is C21H26FNO5S. The molecule has 8 heteroatoms. The number of esters is 1. The SMILES string of the molecule is CCOC(=O)CC1(S(=O)(=O)c2ccc(F)cc2)CCN(Cc2ccc(C)o2)CC1. The lowest BCUT2D eigenvalue weighted by Crippen LogP contribution is -2.50. The van der Waals surface area contributed by atoms with Crippen molar-refractivity contribution >= 4 is 15.8 Å². The zero-order chi connectivity index (χ0) is 21.1. The quantitative estimate of drug-likeness (QED) is 0.501. The van der Waals surface area contributed by atoms with Crippen molar-refractivity contribution in [3.63, 3.8) is 0 Å². The first kappa shape index (κ1) is 21.5. The van der Waals surface area contributed by atoms with Gasteiger partial charge in [-0.25, -0.2) is 12.8 Å². The smallest absolute Gasteiger partial charge is 0.307 e. The second-order valence-corrected chi connectivity index (χ2v) is 9.75. The molecule has 1 aliphatic heterocycles. The Balaban J connectivity index is 1.83. The molecule has 0 saturated carbocycles. The second kappa shape index (κ2) is 8.67. The maximum atomic E-state index is 13.5. The fraction of sp³-hybridized carbons (Fsp3) is 0.476. The van der Waals surface area contributed by atoms with Crippen LogP contribution in [0.25, 0.3) is 0 Å². The summed E-state index contributed by atoms with van der Waals surface area (Å²) in [4.78, 5) is 14.4. The number of likely N-dealkylation sites (tertiary alicyclic amines) is 1. The van der Waals surface area contributed by atoms with E-state index in [1.165, 1.54) is 12.1 Å². The van der Waals surface area contributed by atoms with Gasteiger partial charge in [0.15, 0.2) is 9.84 Å². The van der Waals surface area contributed by atoms with E-state index in [1.807, 2.05) is 19.1 Å². The van der Waals surface area contributed by atoms with Crippen LogP contribution in [-0.2, 0) is 25.9 Å². The first-order valence-corrected chi connectivity index (χ1v) is 11.2. The number of ether oxygens (including phenoxy) is 1. The number of rotatable bonds is 7. The van der Waals surface area contributed by atoms with Gasteiger partial charge in [-0.1, -0.05) is 0 Å². The minimum atomic E-state index is -3.86. The fourth-order valence-corrected chi connectivity index (χ4v) is 5.81. The summed E-state index contributed by atoms with van der Waals surface area (Å²) in [6, 6.07) is 8.57. The number of benzene rings is 1. The molecule has 29 heavy (non-hydrogen) atoms. The highest BCUT2D eigenvalue weighted by Crippen LogP contribution is 2.39. The van der Waals surface area contributed by atoms with E-state index >= 15 is 0 Å². The minimum Gasteiger partial charge on any atom is -0.466 e. The molecule has 1 aromatic heterocycles. The molecule has 0 unspecified atom stereocenters. The predicted octanol–water partition coefficient (Wildman–Crippen LogP) is 3.49. The molecule has 0 radical (unpaired) electrons. The van der Waals surface area contributed by atoms with Crippen molar-refractivity contribution in [1.29, 1.82) is 0 Å². The first-order valence-electron chi connectivity index (χ1n) is 9.69. The average Bonchev–Trinajstić information content (AvgIpc) is 3.08. The number of aryl methyl sites for hydroxylation is 1. The van der Waals surface area contributed by atoms with Crippen molar-refractivity contribution in [2.75, 3.05) is 19.7 Å². The number of carbonyl (C=O) groups is 1. The van der Waals surface area contributed by atoms with Crippen LogP contribution < -0.4 is 0 Å². The van der Waals surface area contributed by atoms with E-state index in [1.54, 1.807) is 6.92 Å². The minimum absolute atomic E-state index is 0.0262. The van der Waals surface area contributed by atoms with E-state index < -0.39 is 26.4 Å². The Morgan fingerprint density at radius 1 is 1.17 bits per heavy atom. The number of hydrogen-bond acceptors (Lipinski definition) is 6. The van der Waals surface area contributed by atoms with E-state index in [4.69, 9.17) is 9.15 Å². The van der Waals surface area contributed by atoms with Gasteiger partial charge in [-0.3, -0.25) is 9.69 Å². The number of furan rings is 1. The fourth-order valence-electron chi connectivity index (χ4n) is 3.79. The van der Waals surface area contributed by atoms with Gasteiger partial charge in [-0.15, -0.1) is 0 Å². The number of hydrogen-bond donors (Lipinski definition) is 0. The van der Waals surface area contributed by atoms with Crippen LogP contribution in [0.15, 0.2) is 45.7 Å². The number of halogens is 1. The lowest BCUT2D eigenvalue weighted by atomic mass is 9.92. The van der Waals surface area contributed by atoms with Gasteiger partial charge in [0.05, 0.1) is 29.2 Å². The Labute approximate surface area is 170 Å². The van der Waals surface area contributed by atoms with Gasteiger partial charge in [0.25, 0.3) is 0 Å². The summed E-state index contributed by atoms with van der Waals surface area (Å²) in [6.07, 6.45) is 0.352. The summed E-state index contributed by atoms with van der Waals surface area (Å²) < 4.78 is 49.6. The van der Waals surface area contributed by atoms with Crippen LogP contribution in [0.4, 0.5) is 4.39 Å². The number of carbonyl (C=O) groups excluding carboxylic acids is 1. The van der Waals surface area contributed by atoms with Gasteiger partial charge in [-0.05, 0) is 63.1 Å². The predicted molar refractivity (Wildman–Crippen MR) is 106 cm³/mol. The van der Waals surface area contributed by atoms with Crippen molar-refractivity contribution in [3.8, 4) is 0 Å². The average molecular weight is 424 g/mol. The largest absolute Gasteiger partial charge is 0.466 e. The molecule has 6 nitrogen and oxygen atoms in total. The molecule has 2 aromatic rings. The Morgan fingerprint density at radius 3 is 2.38 bits per heavy atom. The molecule has 3 rings (SSSR count). The summed E-state index contributed by atoms with van der Waals surface area (Å²) >= 11 is 0. The van der Waals surface area contributed by atoms with Crippen molar-refractivity contribution in [2.45, 2.75) is 49.3 Å². The molecule has 1 aromatic carbocycles. The van der Waals surface area contributed by atoms with Crippen LogP contribution in [-0.4, -0.2) is 43.7 Å². The van der Waals surface area contributed by atoms with E-state index in [-0.39, 0.29) is 30.8 Å². The topological polar surface area (TPSA) is 76.8 Å². The van der Waals surface area contributed by atoms with Crippen LogP contribution >= 0.6 is 0 Å². The summed E-state index contributed by atoms with van der Waals surface area (Å²) in [5.41, 5.74) is 0. The summed E-state index contributed by atoms with van der Waals surface area (Å²) in [5.74, 6) is 0.606. The van der Waals surface area contributed by atoms with Crippen LogP contribution in [0.1, 0.15) is 37.7 Å². The van der Waals surface area contributed by atoms with Crippen LogP contribution in [0, 0.1) is 12.7 Å². The van der Waals surface area contributed by atoms with Gasteiger partial charge in [0.2, 0.25) is 0 Å². The van der Waals surface area contributed by atoms with E-state index in [9.17, 15) is 17.6 Å². The normalized spacial score (nSPS) is 17.2. The maximum absolute atomic E-state index is 13.5. The molecule has 158 valence electrons. The Hall–Kier alpha value is -2.19. The van der Waals surface area contributed by atoms with Gasteiger partial charge < -0.3 is 9.15 Å². The molecule has 0 amide bonds. The third-order valence-corrected chi connectivity index (χ3v) is 7.99. The second-order valence-electron chi connectivity index (χ2n) is 7.41. The first-order chi connectivity index (χ1) is 13.8. The molecule has 0 spiro atoms. The van der Waals surface area contributed by atoms with Crippen LogP contribution in [0.5, 0.6) is 0 Å². The lowest BCUT2D eigenvalue weighted by Gasteiger charge is -2.40. The molecule has 0 aliphatic carbocycles. The molecular weight excluding hydrogens is 397 g/mol. The molecule has 0 N–H and O–H groups in total. The van der Waals surface area contributed by atoms with E-state index in [0.717, 1.165) is 23.7 Å². The molecule has 0 atom stereocenters. The van der Waals surface area contributed by atoms with Crippen LogP contribution in [0.2, 0.25) is 0 Å². The third kappa shape index (κ3) is 4.70. The van der Waals surface area contributed by atoms with Crippen molar-refractivity contribution in [3.05, 3.63) is 53.7 Å². The van der Waals surface area contributed by atoms with Crippen molar-refractivity contribution in [1.82, 2.24) is 4.90 Å². The zero-order valence-electron chi connectivity index (χ0n) is 16.7. The van der Waals surface area contributed by atoms with Gasteiger partial charge in [0.1, 0.15) is 17.3 Å². The Kier molecular flexibility index (Phi) is 6.43. The highest BCUT2D eigenvalue weighted by atomic mass is 32.2. The maximum Gasteiger partial charge on any atom is 0.307 e. The van der Waals surface area contributed by atoms with Gasteiger partial charge >= 0.3 is 5.97 Å². The molecule has 0 bridgehead atoms.